The first-order valence-electron chi connectivity index (χ1n) is 5.29. The molecule has 0 unspecified atom stereocenters. The Labute approximate surface area is 108 Å². The lowest BCUT2D eigenvalue weighted by Crippen LogP contribution is -1.99. The molecule has 0 spiro atoms. The van der Waals surface area contributed by atoms with E-state index in [0.29, 0.717) is 24.1 Å². The van der Waals surface area contributed by atoms with Gasteiger partial charge in [-0.25, -0.2) is 4.39 Å². The molecule has 0 fully saturated rings. The molecule has 0 bridgehead atoms. The van der Waals surface area contributed by atoms with Crippen LogP contribution in [0.25, 0.3) is 0 Å². The summed E-state index contributed by atoms with van der Waals surface area (Å²) in [6, 6.07) is 6.85. The van der Waals surface area contributed by atoms with E-state index in [0.717, 1.165) is 10.0 Å². The molecular formula is C13H12BrFN2. The number of nitrogens with zero attached hydrogens (tertiary/aromatic N) is 1. The number of nitrogens with two attached hydrogens (primary N) is 1. The third-order valence-electron chi connectivity index (χ3n) is 2.62. The van der Waals surface area contributed by atoms with Gasteiger partial charge >= 0.3 is 0 Å². The van der Waals surface area contributed by atoms with Crippen LogP contribution in [0.5, 0.6) is 0 Å². The Morgan fingerprint density at radius 1 is 1.18 bits per heavy atom. The SMILES string of the molecule is Nc1ccncc1CCc1ccc(Br)cc1F. The molecule has 0 saturated carbocycles. The van der Waals surface area contributed by atoms with E-state index in [1.165, 1.54) is 6.07 Å². The average molecular weight is 295 g/mol. The predicted molar refractivity (Wildman–Crippen MR) is 70.2 cm³/mol. The standard InChI is InChI=1S/C13H12BrFN2/c14-11-4-3-9(12(15)7-11)1-2-10-8-17-6-5-13(10)16/h3-8H,1-2H2,(H2,16,17). The zero-order valence-corrected chi connectivity index (χ0v) is 10.7. The van der Waals surface area contributed by atoms with Crippen molar-refractivity contribution in [2.45, 2.75) is 12.8 Å². The second-order valence-electron chi connectivity index (χ2n) is 3.81. The summed E-state index contributed by atoms with van der Waals surface area (Å²) in [5, 5.41) is 0. The molecule has 1 aromatic heterocycles. The highest BCUT2D eigenvalue weighted by Gasteiger charge is 2.05. The van der Waals surface area contributed by atoms with Gasteiger partial charge in [-0.3, -0.25) is 4.98 Å². The van der Waals surface area contributed by atoms with Crippen molar-refractivity contribution in [1.29, 1.82) is 0 Å². The van der Waals surface area contributed by atoms with E-state index in [-0.39, 0.29) is 5.82 Å². The Bertz CT molecular complexity index is 529. The molecule has 0 aliphatic carbocycles. The van der Waals surface area contributed by atoms with Crippen LogP contribution in [0.4, 0.5) is 10.1 Å². The normalized spacial score (nSPS) is 10.5. The van der Waals surface area contributed by atoms with Gasteiger partial charge in [0.05, 0.1) is 0 Å². The molecule has 1 aromatic carbocycles. The molecule has 2 nitrogen and oxygen atoms in total. The van der Waals surface area contributed by atoms with E-state index in [9.17, 15) is 4.39 Å². The number of halogens is 2. The Hall–Kier alpha value is -1.42. The van der Waals surface area contributed by atoms with Crippen molar-refractivity contribution in [3.8, 4) is 0 Å². The lowest BCUT2D eigenvalue weighted by Gasteiger charge is -2.06. The minimum absolute atomic E-state index is 0.193. The Morgan fingerprint density at radius 2 is 1.94 bits per heavy atom. The van der Waals surface area contributed by atoms with Crippen molar-refractivity contribution in [1.82, 2.24) is 4.98 Å². The first kappa shape index (κ1) is 12.0. The van der Waals surface area contributed by atoms with Gasteiger partial charge in [0.1, 0.15) is 5.82 Å². The topological polar surface area (TPSA) is 38.9 Å². The van der Waals surface area contributed by atoms with Gasteiger partial charge < -0.3 is 5.73 Å². The summed E-state index contributed by atoms with van der Waals surface area (Å²) >= 11 is 3.23. The number of nitrogen functional groups attached to an aromatic ring is 1. The number of benzene rings is 1. The minimum atomic E-state index is -0.193. The van der Waals surface area contributed by atoms with Crippen molar-refractivity contribution in [3.05, 3.63) is 58.1 Å². The molecule has 0 atom stereocenters. The summed E-state index contributed by atoms with van der Waals surface area (Å²) in [6.45, 7) is 0. The molecule has 4 heteroatoms. The van der Waals surface area contributed by atoms with Crippen LogP contribution < -0.4 is 5.73 Å². The molecule has 0 amide bonds. The molecule has 2 aromatic rings. The van der Waals surface area contributed by atoms with Crippen LogP contribution in [0.1, 0.15) is 11.1 Å². The monoisotopic (exact) mass is 294 g/mol. The summed E-state index contributed by atoms with van der Waals surface area (Å²) < 4.78 is 14.3. The van der Waals surface area contributed by atoms with Crippen LogP contribution >= 0.6 is 15.9 Å². The number of aromatic nitrogens is 1. The Balaban J connectivity index is 2.10. The van der Waals surface area contributed by atoms with Gasteiger partial charge in [0.15, 0.2) is 0 Å². The number of pyridine rings is 1. The van der Waals surface area contributed by atoms with Crippen LogP contribution in [0.2, 0.25) is 0 Å². The first-order chi connectivity index (χ1) is 8.16. The van der Waals surface area contributed by atoms with E-state index in [4.69, 9.17) is 5.73 Å². The largest absolute Gasteiger partial charge is 0.398 e. The lowest BCUT2D eigenvalue weighted by molar-refractivity contribution is 0.608. The molecule has 2 N–H and O–H groups in total. The number of hydrogen-bond donors (Lipinski definition) is 1. The highest BCUT2D eigenvalue weighted by molar-refractivity contribution is 9.10. The van der Waals surface area contributed by atoms with Gasteiger partial charge in [0.25, 0.3) is 0 Å². The van der Waals surface area contributed by atoms with E-state index in [1.54, 1.807) is 24.5 Å². The van der Waals surface area contributed by atoms with Gasteiger partial charge in [-0.1, -0.05) is 22.0 Å². The van der Waals surface area contributed by atoms with Crippen molar-refractivity contribution in [2.24, 2.45) is 0 Å². The van der Waals surface area contributed by atoms with Crippen LogP contribution in [-0.2, 0) is 12.8 Å². The fraction of sp³-hybridized carbons (Fsp3) is 0.154. The highest BCUT2D eigenvalue weighted by Crippen LogP contribution is 2.18. The molecular weight excluding hydrogens is 283 g/mol. The third kappa shape index (κ3) is 3.03. The van der Waals surface area contributed by atoms with E-state index in [1.807, 2.05) is 6.07 Å². The minimum Gasteiger partial charge on any atom is -0.398 e. The van der Waals surface area contributed by atoms with Crippen molar-refractivity contribution in [2.75, 3.05) is 5.73 Å². The quantitative estimate of drug-likeness (QED) is 0.943. The van der Waals surface area contributed by atoms with Gasteiger partial charge in [-0.2, -0.15) is 0 Å². The zero-order chi connectivity index (χ0) is 12.3. The maximum absolute atomic E-state index is 13.6. The van der Waals surface area contributed by atoms with E-state index < -0.39 is 0 Å². The molecule has 17 heavy (non-hydrogen) atoms. The van der Waals surface area contributed by atoms with Crippen molar-refractivity contribution >= 4 is 21.6 Å². The number of aryl methyl sites for hydroxylation is 2. The molecule has 0 radical (unpaired) electrons. The second kappa shape index (κ2) is 5.27. The van der Waals surface area contributed by atoms with Gasteiger partial charge in [-0.05, 0) is 42.2 Å². The lowest BCUT2D eigenvalue weighted by atomic mass is 10.0. The molecule has 1 heterocycles. The molecule has 2 rings (SSSR count). The maximum Gasteiger partial charge on any atom is 0.127 e. The van der Waals surface area contributed by atoms with Crippen LogP contribution in [0.15, 0.2) is 41.1 Å². The van der Waals surface area contributed by atoms with Gasteiger partial charge in [0, 0.05) is 22.6 Å². The van der Waals surface area contributed by atoms with Crippen LogP contribution in [0.3, 0.4) is 0 Å². The van der Waals surface area contributed by atoms with Crippen molar-refractivity contribution < 1.29 is 4.39 Å². The summed E-state index contributed by atoms with van der Waals surface area (Å²) in [7, 11) is 0. The molecule has 88 valence electrons. The van der Waals surface area contributed by atoms with Crippen molar-refractivity contribution in [3.63, 3.8) is 0 Å². The second-order valence-corrected chi connectivity index (χ2v) is 4.73. The third-order valence-corrected chi connectivity index (χ3v) is 3.11. The number of anilines is 1. The highest BCUT2D eigenvalue weighted by atomic mass is 79.9. The zero-order valence-electron chi connectivity index (χ0n) is 9.16. The van der Waals surface area contributed by atoms with Crippen LogP contribution in [-0.4, -0.2) is 4.98 Å². The predicted octanol–water partition coefficient (Wildman–Crippen LogP) is 3.35. The van der Waals surface area contributed by atoms with E-state index in [2.05, 4.69) is 20.9 Å². The van der Waals surface area contributed by atoms with Crippen LogP contribution in [0, 0.1) is 5.82 Å². The first-order valence-corrected chi connectivity index (χ1v) is 6.08. The van der Waals surface area contributed by atoms with Gasteiger partial charge in [0.2, 0.25) is 0 Å². The van der Waals surface area contributed by atoms with Gasteiger partial charge in [-0.15, -0.1) is 0 Å². The Morgan fingerprint density at radius 3 is 2.65 bits per heavy atom. The average Bonchev–Trinajstić information content (AvgIpc) is 2.30. The Kier molecular flexibility index (Phi) is 3.74. The molecule has 0 saturated heterocycles. The number of hydrogen-bond acceptors (Lipinski definition) is 2. The summed E-state index contributed by atoms with van der Waals surface area (Å²) in [5.41, 5.74) is 8.16. The summed E-state index contributed by atoms with van der Waals surface area (Å²) in [5.74, 6) is -0.193. The fourth-order valence-corrected chi connectivity index (χ4v) is 1.97. The van der Waals surface area contributed by atoms with E-state index >= 15 is 0 Å². The molecule has 0 aliphatic rings. The molecule has 0 aliphatic heterocycles. The smallest absolute Gasteiger partial charge is 0.127 e. The maximum atomic E-state index is 13.6. The summed E-state index contributed by atoms with van der Waals surface area (Å²) in [4.78, 5) is 4.01. The number of rotatable bonds is 3. The fourth-order valence-electron chi connectivity index (χ4n) is 1.64. The summed E-state index contributed by atoms with van der Waals surface area (Å²) in [6.07, 6.45) is 4.69.